The van der Waals surface area contributed by atoms with Crippen molar-refractivity contribution >= 4 is 28.3 Å². The molecule has 3 aromatic rings. The molecule has 1 heterocycles. The average molecular weight is 300 g/mol. The molecule has 0 amide bonds. The van der Waals surface area contributed by atoms with Gasteiger partial charge in [0.15, 0.2) is 0 Å². The minimum absolute atomic E-state index is 0.747. The fourth-order valence-electron chi connectivity index (χ4n) is 2.55. The summed E-state index contributed by atoms with van der Waals surface area (Å²) < 4.78 is 2.25. The van der Waals surface area contributed by atoms with E-state index in [2.05, 4.69) is 41.1 Å². The van der Waals surface area contributed by atoms with E-state index in [9.17, 15) is 0 Å². The highest BCUT2D eigenvalue weighted by atomic mass is 35.5. The summed E-state index contributed by atoms with van der Waals surface area (Å²) in [5.41, 5.74) is 4.30. The van der Waals surface area contributed by atoms with Crippen molar-refractivity contribution < 1.29 is 0 Å². The number of halogens is 1. The Labute approximate surface area is 129 Å². The topological polar surface area (TPSA) is 29.9 Å². The molecule has 1 N–H and O–H groups in total. The number of hydrogen-bond donors (Lipinski definition) is 1. The third kappa shape index (κ3) is 2.61. The van der Waals surface area contributed by atoms with Gasteiger partial charge in [0.25, 0.3) is 0 Å². The molecule has 21 heavy (non-hydrogen) atoms. The summed E-state index contributed by atoms with van der Waals surface area (Å²) >= 11 is 6.14. The number of rotatable bonds is 4. The van der Waals surface area contributed by atoms with Crippen molar-refractivity contribution in [2.45, 2.75) is 19.9 Å². The molecule has 3 rings (SSSR count). The number of nitrogens with one attached hydrogen (secondary N) is 1. The first-order valence-corrected chi connectivity index (χ1v) is 7.54. The van der Waals surface area contributed by atoms with Gasteiger partial charge < -0.3 is 9.88 Å². The third-order valence-corrected chi connectivity index (χ3v) is 3.82. The zero-order valence-corrected chi connectivity index (χ0v) is 13.0. The molecule has 0 aliphatic rings. The number of imidazole rings is 1. The van der Waals surface area contributed by atoms with Gasteiger partial charge in [-0.25, -0.2) is 4.98 Å². The largest absolute Gasteiger partial charge is 0.388 e. The smallest absolute Gasteiger partial charge is 0.141 e. The van der Waals surface area contributed by atoms with E-state index in [1.807, 2.05) is 25.2 Å². The third-order valence-electron chi connectivity index (χ3n) is 3.59. The van der Waals surface area contributed by atoms with E-state index in [-0.39, 0.29) is 0 Å². The Morgan fingerprint density at radius 3 is 2.57 bits per heavy atom. The van der Waals surface area contributed by atoms with Crippen molar-refractivity contribution in [1.29, 1.82) is 0 Å². The number of aryl methyl sites for hydroxylation is 1. The molecule has 0 saturated heterocycles. The number of benzene rings is 2. The molecule has 2 aromatic carbocycles. The molecule has 0 aliphatic heterocycles. The van der Waals surface area contributed by atoms with Gasteiger partial charge in [-0.3, -0.25) is 0 Å². The van der Waals surface area contributed by atoms with E-state index in [1.165, 1.54) is 0 Å². The molecule has 108 valence electrons. The van der Waals surface area contributed by atoms with E-state index >= 15 is 0 Å². The molecule has 1 aromatic heterocycles. The molecule has 0 fully saturated rings. The van der Waals surface area contributed by atoms with E-state index < -0.39 is 0 Å². The maximum absolute atomic E-state index is 6.14. The van der Waals surface area contributed by atoms with Crippen molar-refractivity contribution in [1.82, 2.24) is 9.55 Å². The molecule has 0 spiro atoms. The Balaban J connectivity index is 2.17. The standard InChI is InChI=1S/C17H18ClN3/c1-3-10-21-16-11-13(18)6-9-15(16)20-17(21)12-4-7-14(19-2)8-5-12/h4-9,11,19H,3,10H2,1-2H3. The summed E-state index contributed by atoms with van der Waals surface area (Å²) in [5.74, 6) is 0.997. The van der Waals surface area contributed by atoms with Crippen LogP contribution in [0.2, 0.25) is 5.02 Å². The van der Waals surface area contributed by atoms with Crippen LogP contribution in [0, 0.1) is 0 Å². The van der Waals surface area contributed by atoms with Crippen LogP contribution in [-0.2, 0) is 6.54 Å². The lowest BCUT2D eigenvalue weighted by molar-refractivity contribution is 0.704. The predicted molar refractivity (Wildman–Crippen MR) is 90.0 cm³/mol. The van der Waals surface area contributed by atoms with Crippen LogP contribution in [0.1, 0.15) is 13.3 Å². The lowest BCUT2D eigenvalue weighted by Crippen LogP contribution is -1.99. The monoisotopic (exact) mass is 299 g/mol. The highest BCUT2D eigenvalue weighted by molar-refractivity contribution is 6.31. The van der Waals surface area contributed by atoms with Gasteiger partial charge in [0.2, 0.25) is 0 Å². The second-order valence-corrected chi connectivity index (χ2v) is 5.48. The van der Waals surface area contributed by atoms with Crippen LogP contribution < -0.4 is 5.32 Å². The number of anilines is 1. The lowest BCUT2D eigenvalue weighted by Gasteiger charge is -2.08. The van der Waals surface area contributed by atoms with Gasteiger partial charge in [0.05, 0.1) is 11.0 Å². The Hall–Kier alpha value is -2.00. The van der Waals surface area contributed by atoms with E-state index in [0.29, 0.717) is 0 Å². The SMILES string of the molecule is CCCn1c(-c2ccc(NC)cc2)nc2ccc(Cl)cc21. The van der Waals surface area contributed by atoms with Gasteiger partial charge in [0, 0.05) is 29.9 Å². The van der Waals surface area contributed by atoms with Crippen LogP contribution in [-0.4, -0.2) is 16.6 Å². The van der Waals surface area contributed by atoms with Crippen molar-refractivity contribution in [3.05, 3.63) is 47.5 Å². The highest BCUT2D eigenvalue weighted by Crippen LogP contribution is 2.28. The average Bonchev–Trinajstić information content (AvgIpc) is 2.86. The maximum Gasteiger partial charge on any atom is 0.141 e. The normalized spacial score (nSPS) is 11.0. The zero-order chi connectivity index (χ0) is 14.8. The fraction of sp³-hybridized carbons (Fsp3) is 0.235. The highest BCUT2D eigenvalue weighted by Gasteiger charge is 2.12. The van der Waals surface area contributed by atoms with Crippen LogP contribution >= 0.6 is 11.6 Å². The van der Waals surface area contributed by atoms with E-state index in [0.717, 1.165) is 46.1 Å². The number of nitrogens with zero attached hydrogens (tertiary/aromatic N) is 2. The molecular weight excluding hydrogens is 282 g/mol. The number of fused-ring (bicyclic) bond motifs is 1. The Morgan fingerprint density at radius 2 is 1.90 bits per heavy atom. The van der Waals surface area contributed by atoms with Gasteiger partial charge in [0.1, 0.15) is 5.82 Å². The Kier molecular flexibility index (Phi) is 3.84. The number of aromatic nitrogens is 2. The first kappa shape index (κ1) is 14.0. The van der Waals surface area contributed by atoms with Gasteiger partial charge in [-0.1, -0.05) is 18.5 Å². The lowest BCUT2D eigenvalue weighted by atomic mass is 10.2. The van der Waals surface area contributed by atoms with Crippen LogP contribution in [0.3, 0.4) is 0 Å². The Morgan fingerprint density at radius 1 is 1.14 bits per heavy atom. The Bertz CT molecular complexity index is 760. The molecule has 0 radical (unpaired) electrons. The quantitative estimate of drug-likeness (QED) is 0.749. The maximum atomic E-state index is 6.14. The first-order chi connectivity index (χ1) is 10.2. The van der Waals surface area contributed by atoms with Gasteiger partial charge in [-0.05, 0) is 48.9 Å². The van der Waals surface area contributed by atoms with Crippen molar-refractivity contribution in [2.24, 2.45) is 0 Å². The first-order valence-electron chi connectivity index (χ1n) is 7.17. The van der Waals surface area contributed by atoms with Gasteiger partial charge >= 0.3 is 0 Å². The zero-order valence-electron chi connectivity index (χ0n) is 12.2. The fourth-order valence-corrected chi connectivity index (χ4v) is 2.72. The molecular formula is C17H18ClN3. The van der Waals surface area contributed by atoms with Gasteiger partial charge in [-0.15, -0.1) is 0 Å². The molecule has 3 nitrogen and oxygen atoms in total. The van der Waals surface area contributed by atoms with Gasteiger partial charge in [-0.2, -0.15) is 0 Å². The summed E-state index contributed by atoms with van der Waals surface area (Å²) in [4.78, 5) is 4.78. The van der Waals surface area contributed by atoms with Crippen molar-refractivity contribution in [2.75, 3.05) is 12.4 Å². The molecule has 4 heteroatoms. The molecule has 0 bridgehead atoms. The summed E-state index contributed by atoms with van der Waals surface area (Å²) in [6, 6.07) is 14.2. The second kappa shape index (κ2) is 5.78. The summed E-state index contributed by atoms with van der Waals surface area (Å²) in [7, 11) is 1.92. The number of hydrogen-bond acceptors (Lipinski definition) is 2. The summed E-state index contributed by atoms with van der Waals surface area (Å²) in [5, 5.41) is 3.88. The molecule has 0 atom stereocenters. The minimum atomic E-state index is 0.747. The molecule has 0 aliphatic carbocycles. The summed E-state index contributed by atoms with van der Waals surface area (Å²) in [6.45, 7) is 3.10. The predicted octanol–water partition coefficient (Wildman–Crippen LogP) is 4.81. The van der Waals surface area contributed by atoms with Crippen LogP contribution in [0.25, 0.3) is 22.4 Å². The van der Waals surface area contributed by atoms with E-state index in [4.69, 9.17) is 16.6 Å². The van der Waals surface area contributed by atoms with Crippen molar-refractivity contribution in [3.8, 4) is 11.4 Å². The minimum Gasteiger partial charge on any atom is -0.388 e. The molecule has 0 unspecified atom stereocenters. The molecule has 0 saturated carbocycles. The summed E-state index contributed by atoms with van der Waals surface area (Å²) in [6.07, 6.45) is 1.06. The van der Waals surface area contributed by atoms with Crippen molar-refractivity contribution in [3.63, 3.8) is 0 Å². The van der Waals surface area contributed by atoms with Crippen LogP contribution in [0.4, 0.5) is 5.69 Å². The van der Waals surface area contributed by atoms with Crippen LogP contribution in [0.15, 0.2) is 42.5 Å². The second-order valence-electron chi connectivity index (χ2n) is 5.05. The van der Waals surface area contributed by atoms with Crippen LogP contribution in [0.5, 0.6) is 0 Å². The van der Waals surface area contributed by atoms with E-state index in [1.54, 1.807) is 0 Å².